The van der Waals surface area contributed by atoms with Crippen molar-refractivity contribution < 1.29 is 13.9 Å². The number of hydrogen-bond acceptors (Lipinski definition) is 4. The summed E-state index contributed by atoms with van der Waals surface area (Å²) in [5, 5.41) is 0. The topological polar surface area (TPSA) is 57.6 Å². The lowest BCUT2D eigenvalue weighted by atomic mass is 10.1. The van der Waals surface area contributed by atoms with Gasteiger partial charge in [-0.2, -0.15) is 0 Å². The van der Waals surface area contributed by atoms with Crippen molar-refractivity contribution in [2.75, 3.05) is 6.61 Å². The van der Waals surface area contributed by atoms with Crippen LogP contribution in [0.25, 0.3) is 0 Å². The molecule has 2 atom stereocenters. The molecule has 4 heteroatoms. The molecule has 0 saturated carbocycles. The Morgan fingerprint density at radius 2 is 1.81 bits per heavy atom. The van der Waals surface area contributed by atoms with Crippen LogP contribution in [0.3, 0.4) is 0 Å². The van der Waals surface area contributed by atoms with Crippen LogP contribution in [0.15, 0.2) is 47.1 Å². The van der Waals surface area contributed by atoms with Crippen molar-refractivity contribution >= 4 is 0 Å². The minimum absolute atomic E-state index is 0.118. The van der Waals surface area contributed by atoms with Gasteiger partial charge >= 0.3 is 0 Å². The largest absolute Gasteiger partial charge is 0.494 e. The summed E-state index contributed by atoms with van der Waals surface area (Å²) in [6, 6.07) is 11.2. The highest BCUT2D eigenvalue weighted by Crippen LogP contribution is 2.27. The molecule has 0 spiro atoms. The molecule has 0 aliphatic carbocycles. The van der Waals surface area contributed by atoms with E-state index in [1.54, 1.807) is 6.26 Å². The average molecular weight is 289 g/mol. The molecule has 0 amide bonds. The number of hydrogen-bond donors (Lipinski definition) is 1. The van der Waals surface area contributed by atoms with Crippen molar-refractivity contribution in [2.24, 2.45) is 5.73 Å². The molecular formula is C17H23NO3. The molecule has 2 N–H and O–H groups in total. The highest BCUT2D eigenvalue weighted by molar-refractivity contribution is 5.31. The second-order valence-corrected chi connectivity index (χ2v) is 4.95. The molecular weight excluding hydrogens is 266 g/mol. The Labute approximate surface area is 125 Å². The Morgan fingerprint density at radius 3 is 2.38 bits per heavy atom. The third-order valence-electron chi connectivity index (χ3n) is 3.24. The first-order chi connectivity index (χ1) is 10.2. The third-order valence-corrected chi connectivity index (χ3v) is 3.24. The lowest BCUT2D eigenvalue weighted by molar-refractivity contribution is 0.144. The zero-order chi connectivity index (χ0) is 15.1. The van der Waals surface area contributed by atoms with Gasteiger partial charge in [0.1, 0.15) is 17.3 Å². The lowest BCUT2D eigenvalue weighted by Gasteiger charge is -2.22. The molecule has 2 aromatic rings. The van der Waals surface area contributed by atoms with E-state index >= 15 is 0 Å². The van der Waals surface area contributed by atoms with E-state index in [0.29, 0.717) is 0 Å². The molecule has 1 heterocycles. The summed E-state index contributed by atoms with van der Waals surface area (Å²) in [5.74, 6) is 2.35. The number of nitrogens with two attached hydrogens (primary N) is 1. The van der Waals surface area contributed by atoms with Crippen LogP contribution < -0.4 is 15.2 Å². The van der Waals surface area contributed by atoms with E-state index in [4.69, 9.17) is 19.6 Å². The number of benzene rings is 1. The maximum atomic E-state index is 6.14. The summed E-state index contributed by atoms with van der Waals surface area (Å²) >= 11 is 0. The number of rotatable bonds is 8. The predicted molar refractivity (Wildman–Crippen MR) is 82.6 cm³/mol. The van der Waals surface area contributed by atoms with Crippen LogP contribution in [-0.2, 0) is 0 Å². The third kappa shape index (κ3) is 4.26. The fourth-order valence-corrected chi connectivity index (χ4v) is 2.00. The van der Waals surface area contributed by atoms with E-state index in [-0.39, 0.29) is 12.1 Å². The van der Waals surface area contributed by atoms with Gasteiger partial charge in [-0.25, -0.2) is 0 Å². The van der Waals surface area contributed by atoms with Gasteiger partial charge in [-0.1, -0.05) is 13.8 Å². The van der Waals surface area contributed by atoms with E-state index < -0.39 is 0 Å². The average Bonchev–Trinajstić information content (AvgIpc) is 3.05. The predicted octanol–water partition coefficient (Wildman–Crippen LogP) is 3.93. The van der Waals surface area contributed by atoms with Gasteiger partial charge in [0.2, 0.25) is 0 Å². The van der Waals surface area contributed by atoms with Gasteiger partial charge in [0, 0.05) is 6.04 Å². The first-order valence-electron chi connectivity index (χ1n) is 7.43. The van der Waals surface area contributed by atoms with Gasteiger partial charge in [-0.05, 0) is 49.2 Å². The molecule has 0 saturated heterocycles. The normalized spacial score (nSPS) is 13.7. The van der Waals surface area contributed by atoms with Crippen LogP contribution >= 0.6 is 0 Å². The van der Waals surface area contributed by atoms with Gasteiger partial charge in [-0.15, -0.1) is 0 Å². The van der Waals surface area contributed by atoms with E-state index in [1.807, 2.05) is 43.3 Å². The molecule has 1 aromatic carbocycles. The second kappa shape index (κ2) is 7.74. The number of furan rings is 1. The molecule has 1 aromatic heterocycles. The maximum absolute atomic E-state index is 6.14. The Bertz CT molecular complexity index is 507. The first-order valence-corrected chi connectivity index (χ1v) is 7.43. The van der Waals surface area contributed by atoms with Crippen LogP contribution in [0.2, 0.25) is 0 Å². The summed E-state index contributed by atoms with van der Waals surface area (Å²) in [7, 11) is 0. The Morgan fingerprint density at radius 1 is 1.10 bits per heavy atom. The standard InChI is InChI=1S/C17H23NO3/c1-3-11-19-13-7-9-14(10-8-13)21-17(15(18)4-2)16-6-5-12-20-16/h5-10,12,15,17H,3-4,11,18H2,1-2H3. The van der Waals surface area contributed by atoms with Gasteiger partial charge in [-0.3, -0.25) is 0 Å². The molecule has 0 aliphatic rings. The van der Waals surface area contributed by atoms with Crippen LogP contribution in [0.5, 0.6) is 11.5 Å². The van der Waals surface area contributed by atoms with Crippen molar-refractivity contribution in [3.05, 3.63) is 48.4 Å². The highest BCUT2D eigenvalue weighted by atomic mass is 16.5. The molecule has 114 valence electrons. The van der Waals surface area contributed by atoms with E-state index in [2.05, 4.69) is 6.92 Å². The van der Waals surface area contributed by atoms with Crippen LogP contribution in [-0.4, -0.2) is 12.6 Å². The highest BCUT2D eigenvalue weighted by Gasteiger charge is 2.23. The Kier molecular flexibility index (Phi) is 5.69. The Hall–Kier alpha value is -1.94. The van der Waals surface area contributed by atoms with E-state index in [0.717, 1.165) is 36.7 Å². The second-order valence-electron chi connectivity index (χ2n) is 4.95. The smallest absolute Gasteiger partial charge is 0.171 e. The summed E-state index contributed by atoms with van der Waals surface area (Å²) in [6.45, 7) is 4.83. The fraction of sp³-hybridized carbons (Fsp3) is 0.412. The summed E-state index contributed by atoms with van der Waals surface area (Å²) in [4.78, 5) is 0. The summed E-state index contributed by atoms with van der Waals surface area (Å²) in [5.41, 5.74) is 6.14. The first kappa shape index (κ1) is 15.4. The summed E-state index contributed by atoms with van der Waals surface area (Å²) in [6.07, 6.45) is 3.15. The zero-order valence-corrected chi connectivity index (χ0v) is 12.6. The molecule has 0 aliphatic heterocycles. The van der Waals surface area contributed by atoms with Crippen molar-refractivity contribution in [3.8, 4) is 11.5 Å². The Balaban J connectivity index is 2.06. The van der Waals surface area contributed by atoms with Gasteiger partial charge in [0.15, 0.2) is 6.10 Å². The summed E-state index contributed by atoms with van der Waals surface area (Å²) < 4.78 is 17.0. The lowest BCUT2D eigenvalue weighted by Crippen LogP contribution is -2.31. The van der Waals surface area contributed by atoms with Crippen molar-refractivity contribution in [1.29, 1.82) is 0 Å². The number of ether oxygens (including phenoxy) is 2. The minimum atomic E-state index is -0.285. The molecule has 0 fully saturated rings. The van der Waals surface area contributed by atoms with Gasteiger partial charge in [0.25, 0.3) is 0 Å². The zero-order valence-electron chi connectivity index (χ0n) is 12.6. The van der Waals surface area contributed by atoms with Crippen molar-refractivity contribution in [2.45, 2.75) is 38.8 Å². The molecule has 21 heavy (non-hydrogen) atoms. The monoisotopic (exact) mass is 289 g/mol. The quantitative estimate of drug-likeness (QED) is 0.800. The van der Waals surface area contributed by atoms with Crippen LogP contribution in [0.4, 0.5) is 0 Å². The van der Waals surface area contributed by atoms with Crippen LogP contribution in [0.1, 0.15) is 38.6 Å². The van der Waals surface area contributed by atoms with E-state index in [1.165, 1.54) is 0 Å². The molecule has 2 unspecified atom stereocenters. The minimum Gasteiger partial charge on any atom is -0.494 e. The van der Waals surface area contributed by atoms with Crippen molar-refractivity contribution in [3.63, 3.8) is 0 Å². The molecule has 0 radical (unpaired) electrons. The van der Waals surface area contributed by atoms with Crippen LogP contribution in [0, 0.1) is 0 Å². The van der Waals surface area contributed by atoms with E-state index in [9.17, 15) is 0 Å². The molecule has 2 rings (SSSR count). The van der Waals surface area contributed by atoms with Gasteiger partial charge in [0.05, 0.1) is 12.9 Å². The van der Waals surface area contributed by atoms with Gasteiger partial charge < -0.3 is 19.6 Å². The van der Waals surface area contributed by atoms with Crippen molar-refractivity contribution in [1.82, 2.24) is 0 Å². The maximum Gasteiger partial charge on any atom is 0.171 e. The SMILES string of the molecule is CCCOc1ccc(OC(c2ccco2)C(N)CC)cc1. The fourth-order valence-electron chi connectivity index (χ4n) is 2.00. The molecule has 0 bridgehead atoms. The molecule has 4 nitrogen and oxygen atoms in total.